The first-order chi connectivity index (χ1) is 49.3. The number of benzene rings is 1. The summed E-state index contributed by atoms with van der Waals surface area (Å²) in [5, 5.41) is 49.2. The number of hydrogen-bond acceptors (Lipinski definition) is 24. The molecule has 19 unspecified atom stereocenters. The Labute approximate surface area is 629 Å². The third-order valence-corrected chi connectivity index (χ3v) is 24.1. The Morgan fingerprint density at radius 2 is 1.36 bits per heavy atom. The predicted octanol–water partition coefficient (Wildman–Crippen LogP) is 1.59. The van der Waals surface area contributed by atoms with Gasteiger partial charge in [0, 0.05) is 115 Å². The van der Waals surface area contributed by atoms with Crippen molar-refractivity contribution in [3.8, 4) is 0 Å². The Morgan fingerprint density at radius 3 is 1.93 bits per heavy atom. The van der Waals surface area contributed by atoms with E-state index in [1.54, 1.807) is 6.92 Å². The molecule has 3 aromatic rings. The molecule has 9 heterocycles. The fourth-order valence-electron chi connectivity index (χ4n) is 16.9. The fraction of sp³-hybridized carbons (Fsp3) is 0.606. The number of nitrogens with one attached hydrogen (secondary N) is 1. The summed E-state index contributed by atoms with van der Waals surface area (Å²) >= 11 is 0. The van der Waals surface area contributed by atoms with Crippen molar-refractivity contribution in [1.29, 1.82) is 0 Å². The largest absolute Gasteiger partial charge is 3.00 e. The zero-order valence-corrected chi connectivity index (χ0v) is 63.8. The van der Waals surface area contributed by atoms with E-state index >= 15 is 0 Å². The number of aliphatic hydroxyl groups is 4. The molecule has 19 atom stereocenters. The van der Waals surface area contributed by atoms with E-state index in [2.05, 4.69) is 22.2 Å². The molecule has 0 spiro atoms. The summed E-state index contributed by atoms with van der Waals surface area (Å²) in [6, 6.07) is 4.06. The normalized spacial score (nSPS) is 33.9. The molecule has 7 aliphatic heterocycles. The zero-order valence-electron chi connectivity index (χ0n) is 61.9. The molecule has 0 radical (unpaired) electrons. The topological polar surface area (TPSA) is 576 Å². The van der Waals surface area contributed by atoms with Gasteiger partial charge in [0.25, 0.3) is 7.82 Å². The monoisotopic (exact) mass is 1550 g/mol. The summed E-state index contributed by atoms with van der Waals surface area (Å²) in [5.41, 5.74) is 41.3. The van der Waals surface area contributed by atoms with E-state index in [4.69, 9.17) is 79.0 Å². The molecule has 7 aliphatic rings. The SMILES string of the molecule is C/C1=C2N=C(/C=C3N=C(/C(C)=C4\[N-]C(C(CC(N)=O)C4(C)CCC(=O)NCC(C)OP(=O)([O-])OC4C(CO)OC(n5cnc6cc(C)c(C)cc65)C4O)C4(C)N=C1C(CCC(N)=O)C4(C)CC(N)=O)C(CCC(N)=O)C\3(C)C)C(CCC(N)=O)C/2(C)CC(N)=O.[CH2-]C1OC(n2ccc(N)nc2=O)C(O)C1O.[Co+3]. The molecule has 36 heteroatoms. The number of amides is 7. The van der Waals surface area contributed by atoms with E-state index in [9.17, 15) is 68.2 Å². The molecule has 34 nitrogen and oxygen atoms in total. The summed E-state index contributed by atoms with van der Waals surface area (Å²) in [6.07, 6.45) is -7.56. The second kappa shape index (κ2) is 32.3. The van der Waals surface area contributed by atoms with Gasteiger partial charge in [0.05, 0.1) is 47.4 Å². The zero-order chi connectivity index (χ0) is 78.6. The van der Waals surface area contributed by atoms with Gasteiger partial charge in [-0.2, -0.15) is 10.7 Å². The molecule has 7 amide bonds. The Hall–Kier alpha value is -7.93. The number of imidazole rings is 1. The number of ether oxygens (including phenoxy) is 2. The van der Waals surface area contributed by atoms with Crippen molar-refractivity contribution in [2.45, 2.75) is 214 Å². The van der Waals surface area contributed by atoms with Gasteiger partial charge in [-0.15, -0.1) is 0 Å². The minimum atomic E-state index is -5.32. The summed E-state index contributed by atoms with van der Waals surface area (Å²) in [6.45, 7) is 22.5. The quantitative estimate of drug-likeness (QED) is 0.0381. The van der Waals surface area contributed by atoms with Crippen molar-refractivity contribution in [3.05, 3.63) is 98.9 Å². The number of nitrogens with zero attached hydrogens (tertiary/aromatic N) is 8. The number of primary amides is 6. The molecule has 107 heavy (non-hydrogen) atoms. The van der Waals surface area contributed by atoms with Crippen molar-refractivity contribution >= 4 is 83.2 Å². The van der Waals surface area contributed by atoms with Gasteiger partial charge in [-0.1, -0.05) is 40.7 Å². The number of aromatic nitrogens is 4. The molecule has 2 aromatic heterocycles. The van der Waals surface area contributed by atoms with Gasteiger partial charge in [-0.3, -0.25) is 57.7 Å². The number of nitrogens with two attached hydrogens (primary N) is 7. The predicted molar refractivity (Wildman–Crippen MR) is 386 cm³/mol. The Morgan fingerprint density at radius 1 is 0.766 bits per heavy atom. The van der Waals surface area contributed by atoms with Crippen molar-refractivity contribution in [1.82, 2.24) is 24.4 Å². The number of aliphatic imine (C=N–C) groups is 3. The summed E-state index contributed by atoms with van der Waals surface area (Å²) in [7, 11) is -5.32. The van der Waals surface area contributed by atoms with Gasteiger partial charge in [0.2, 0.25) is 41.4 Å². The number of carbonyl (C=O) groups is 7. The van der Waals surface area contributed by atoms with Gasteiger partial charge in [-0.05, 0) is 131 Å². The van der Waals surface area contributed by atoms with Gasteiger partial charge in [0.15, 0.2) is 12.5 Å². The number of rotatable bonds is 27. The Balaban J connectivity index is 0.000000746. The number of aryl methyl sites for hydroxylation is 2. The van der Waals surface area contributed by atoms with Crippen LogP contribution < -0.4 is 56.0 Å². The minimum Gasteiger partial charge on any atom is -0.756 e. The molecule has 3 fully saturated rings. The van der Waals surface area contributed by atoms with Gasteiger partial charge in [-0.25, -0.2) is 9.78 Å². The fourth-order valence-corrected chi connectivity index (χ4v) is 18.0. The maximum Gasteiger partial charge on any atom is 3.00 e. The second-order valence-corrected chi connectivity index (χ2v) is 31.9. The van der Waals surface area contributed by atoms with Crippen molar-refractivity contribution < 1.29 is 98.7 Å². The van der Waals surface area contributed by atoms with Crippen LogP contribution in [0.1, 0.15) is 157 Å². The van der Waals surface area contributed by atoms with E-state index < -0.39 is 174 Å². The second-order valence-electron chi connectivity index (χ2n) is 30.6. The number of carbonyl (C=O) groups excluding carboxylic acids is 7. The van der Waals surface area contributed by atoms with Crippen LogP contribution in [0, 0.1) is 66.1 Å². The van der Waals surface area contributed by atoms with Gasteiger partial charge < -0.3 is 106 Å². The van der Waals surface area contributed by atoms with Crippen LogP contribution in [0.25, 0.3) is 16.4 Å². The molecule has 3 saturated heterocycles. The molecule has 586 valence electrons. The number of phosphoric ester groups is 1. The van der Waals surface area contributed by atoms with E-state index in [1.165, 1.54) is 30.1 Å². The molecule has 8 bridgehead atoms. The van der Waals surface area contributed by atoms with Crippen molar-refractivity contribution in [2.75, 3.05) is 18.9 Å². The van der Waals surface area contributed by atoms with Crippen LogP contribution in [0.4, 0.5) is 5.82 Å². The van der Waals surface area contributed by atoms with Crippen LogP contribution in [0.2, 0.25) is 0 Å². The number of phosphoric acid groups is 1. The smallest absolute Gasteiger partial charge is 0.756 e. The molecule has 10 rings (SSSR count). The number of nitrogen functional groups attached to an aromatic ring is 1. The standard InChI is InChI=1S/C62H90N13O14P.C9H12N3O4.Co/c1-29-20-39-40(21-30(29)2)75(28-70-39)57-52(84)53(41(27-76)87-57)89-90(85,86)88-31(3)26-69-49(83)18-19-59(8)37(22-46(66)80)56-62(11)61(10,25-48(68)82)36(14-17-45(65)79)51(74-62)33(5)55-60(9,24-47(67)81)34(12-15-43(63)77)38(71-55)23-42-58(6,7)35(13-16-44(64)78)50(72-42)32(4)54(59)73-56;1-4-6(13)7(14)8(16-4)12-3-2-5(10)11-9(12)15;/h20-21,23,28,31,34-37,41,52-53,56-57,76,84H,12-19,22,24-27H2,1-11H3,(H15,63,64,65,66,67,68,69,71,72,73,74,77,78,79,80,81,82,83,85,86);2-4,6-8,13-14H,1H2,(H2,10,11,15);/q;-1;+3/p-2. The Bertz CT molecular complexity index is 4330. The first-order valence-electron chi connectivity index (χ1n) is 35.2. The first kappa shape index (κ1) is 84.7. The van der Waals surface area contributed by atoms with Crippen LogP contribution in [0.15, 0.2) is 84.8 Å². The van der Waals surface area contributed by atoms with Crippen LogP contribution in [-0.2, 0) is 73.4 Å². The number of allylic oxidation sites excluding steroid dienone is 6. The maximum absolute atomic E-state index is 14.4. The maximum atomic E-state index is 14.4. The first-order valence-corrected chi connectivity index (χ1v) is 36.7. The molecule has 0 saturated carbocycles. The van der Waals surface area contributed by atoms with Gasteiger partial charge in [0.1, 0.15) is 30.2 Å². The number of anilines is 1. The summed E-state index contributed by atoms with van der Waals surface area (Å²) < 4.78 is 38.1. The van der Waals surface area contributed by atoms with E-state index in [1.807, 2.05) is 80.5 Å². The third kappa shape index (κ3) is 16.8. The summed E-state index contributed by atoms with van der Waals surface area (Å²) in [4.78, 5) is 143. The van der Waals surface area contributed by atoms with Crippen LogP contribution in [0.3, 0.4) is 0 Å². The Kier molecular flexibility index (Phi) is 25.6. The van der Waals surface area contributed by atoms with Crippen LogP contribution in [0.5, 0.6) is 0 Å². The van der Waals surface area contributed by atoms with Crippen molar-refractivity contribution in [3.63, 3.8) is 0 Å². The molecule has 1 aromatic carbocycles. The molecular weight excluding hydrogens is 1450 g/mol. The van der Waals surface area contributed by atoms with Crippen LogP contribution in [-0.4, -0.2) is 165 Å². The average molecular weight is 1560 g/mol. The molecular formula is C71H100CoN16O18P. The van der Waals surface area contributed by atoms with E-state index in [-0.39, 0.29) is 99.8 Å². The van der Waals surface area contributed by atoms with Crippen molar-refractivity contribution in [2.24, 2.45) is 94.7 Å². The van der Waals surface area contributed by atoms with E-state index in [0.717, 1.165) is 15.7 Å². The average Bonchev–Trinajstić information content (AvgIpc) is 1.52. The minimum absolute atomic E-state index is 0. The molecule has 0 aliphatic carbocycles. The number of hydrogen-bond donors (Lipinski definition) is 12. The number of fused-ring (bicyclic) bond motifs is 7. The van der Waals surface area contributed by atoms with Crippen LogP contribution >= 0.6 is 7.82 Å². The summed E-state index contributed by atoms with van der Waals surface area (Å²) in [5.74, 6) is -7.32. The van der Waals surface area contributed by atoms with Gasteiger partial charge >= 0.3 is 22.5 Å². The van der Waals surface area contributed by atoms with E-state index in [0.29, 0.717) is 56.4 Å². The molecule has 19 N–H and O–H groups in total. The number of aliphatic hydroxyl groups excluding tert-OH is 4. The third-order valence-electron chi connectivity index (χ3n) is 22.9.